The number of benzene rings is 3. The molecular weight excluding hydrogens is 514 g/mol. The summed E-state index contributed by atoms with van der Waals surface area (Å²) in [5, 5.41) is 2.26. The maximum Gasteiger partial charge on any atom is 0.204 e. The van der Waals surface area contributed by atoms with Crippen LogP contribution in [-0.4, -0.2) is 48.3 Å². The second-order valence-corrected chi connectivity index (χ2v) is 10.3. The zero-order valence-corrected chi connectivity index (χ0v) is 24.1. The first kappa shape index (κ1) is 26.6. The SMILES string of the molecule is CCc1c(C)cn2c3c(nc2c1C(=O)COc1ccc2ccccc2c1C)CCN=C3c1ccc(OC)c(OC)c1. The number of imidazole rings is 1. The molecule has 0 atom stereocenters. The lowest BCUT2D eigenvalue weighted by atomic mass is 9.98. The van der Waals surface area contributed by atoms with E-state index in [4.69, 9.17) is 24.2 Å². The number of nitrogens with zero attached hydrogens (tertiary/aromatic N) is 3. The molecule has 0 bridgehead atoms. The number of pyridine rings is 1. The Morgan fingerprint density at radius 3 is 2.54 bits per heavy atom. The average Bonchev–Trinajstić information content (AvgIpc) is 3.37. The molecule has 0 saturated carbocycles. The predicted molar refractivity (Wildman–Crippen MR) is 162 cm³/mol. The number of carbonyl (C=O) groups excluding carboxylic acids is 1. The van der Waals surface area contributed by atoms with Crippen LogP contribution in [0, 0.1) is 13.8 Å². The van der Waals surface area contributed by atoms with Gasteiger partial charge in [0.05, 0.1) is 36.9 Å². The van der Waals surface area contributed by atoms with Gasteiger partial charge in [-0.05, 0) is 72.0 Å². The summed E-state index contributed by atoms with van der Waals surface area (Å²) in [4.78, 5) is 23.9. The number of hydrogen-bond donors (Lipinski definition) is 0. The third-order valence-electron chi connectivity index (χ3n) is 7.95. The van der Waals surface area contributed by atoms with Crippen LogP contribution in [0.3, 0.4) is 0 Å². The largest absolute Gasteiger partial charge is 0.493 e. The number of rotatable bonds is 8. The highest BCUT2D eigenvalue weighted by Crippen LogP contribution is 2.33. The summed E-state index contributed by atoms with van der Waals surface area (Å²) in [5.74, 6) is 1.92. The van der Waals surface area contributed by atoms with Crippen molar-refractivity contribution < 1.29 is 19.0 Å². The highest BCUT2D eigenvalue weighted by molar-refractivity contribution is 6.14. The lowest BCUT2D eigenvalue weighted by Crippen LogP contribution is -2.18. The Balaban J connectivity index is 1.42. The Morgan fingerprint density at radius 1 is 0.976 bits per heavy atom. The van der Waals surface area contributed by atoms with Crippen molar-refractivity contribution in [2.24, 2.45) is 4.99 Å². The number of aromatic nitrogens is 2. The van der Waals surface area contributed by atoms with Gasteiger partial charge in [-0.2, -0.15) is 0 Å². The van der Waals surface area contributed by atoms with Crippen molar-refractivity contribution in [3.8, 4) is 17.2 Å². The molecule has 0 amide bonds. The molecule has 1 aliphatic rings. The van der Waals surface area contributed by atoms with Gasteiger partial charge in [-0.3, -0.25) is 14.2 Å². The number of ketones is 1. The van der Waals surface area contributed by atoms with Crippen molar-refractivity contribution in [3.05, 3.63) is 100.0 Å². The molecule has 208 valence electrons. The zero-order valence-electron chi connectivity index (χ0n) is 24.1. The highest BCUT2D eigenvalue weighted by Gasteiger charge is 2.28. The Hall–Kier alpha value is -4.65. The fourth-order valence-electron chi connectivity index (χ4n) is 5.90. The number of aliphatic imine (C=N–C) groups is 1. The van der Waals surface area contributed by atoms with Crippen molar-refractivity contribution in [1.82, 2.24) is 9.38 Å². The first-order chi connectivity index (χ1) is 19.9. The second kappa shape index (κ2) is 10.7. The van der Waals surface area contributed by atoms with E-state index >= 15 is 0 Å². The number of methoxy groups -OCH3 is 2. The highest BCUT2D eigenvalue weighted by atomic mass is 16.5. The van der Waals surface area contributed by atoms with Gasteiger partial charge in [0, 0.05) is 24.7 Å². The van der Waals surface area contributed by atoms with Gasteiger partial charge in [-0.1, -0.05) is 37.3 Å². The molecule has 0 radical (unpaired) electrons. The third kappa shape index (κ3) is 4.51. The first-order valence-corrected chi connectivity index (χ1v) is 13.9. The summed E-state index contributed by atoms with van der Waals surface area (Å²) < 4.78 is 19.2. The van der Waals surface area contributed by atoms with Crippen molar-refractivity contribution >= 4 is 27.9 Å². The molecule has 7 nitrogen and oxygen atoms in total. The monoisotopic (exact) mass is 547 g/mol. The van der Waals surface area contributed by atoms with Crippen LogP contribution in [0.1, 0.15) is 50.9 Å². The summed E-state index contributed by atoms with van der Waals surface area (Å²) in [6.45, 7) is 6.70. The minimum atomic E-state index is -0.0879. The Morgan fingerprint density at radius 2 is 1.76 bits per heavy atom. The summed E-state index contributed by atoms with van der Waals surface area (Å²) in [7, 11) is 3.24. The molecule has 0 unspecified atom stereocenters. The molecule has 0 fully saturated rings. The van der Waals surface area contributed by atoms with Crippen LogP contribution in [-0.2, 0) is 12.8 Å². The molecule has 6 rings (SSSR count). The number of ether oxygens (including phenoxy) is 3. The molecule has 3 heterocycles. The number of aryl methyl sites for hydroxylation is 2. The van der Waals surface area contributed by atoms with Gasteiger partial charge in [-0.15, -0.1) is 0 Å². The summed E-state index contributed by atoms with van der Waals surface area (Å²) in [6, 6.07) is 18.0. The van der Waals surface area contributed by atoms with Crippen molar-refractivity contribution in [3.63, 3.8) is 0 Å². The normalized spacial score (nSPS) is 12.8. The van der Waals surface area contributed by atoms with Crippen LogP contribution in [0.25, 0.3) is 16.4 Å². The minimum absolute atomic E-state index is 0.0700. The number of fused-ring (bicyclic) bond motifs is 4. The second-order valence-electron chi connectivity index (χ2n) is 10.3. The van der Waals surface area contributed by atoms with Gasteiger partial charge in [0.1, 0.15) is 11.4 Å². The van der Waals surface area contributed by atoms with Gasteiger partial charge < -0.3 is 14.2 Å². The molecule has 2 aromatic heterocycles. The molecule has 0 aliphatic carbocycles. The summed E-state index contributed by atoms with van der Waals surface area (Å²) >= 11 is 0. The molecule has 0 saturated heterocycles. The topological polar surface area (TPSA) is 74.4 Å². The average molecular weight is 548 g/mol. The Bertz CT molecular complexity index is 1850. The Labute approximate surface area is 239 Å². The maximum atomic E-state index is 13.9. The van der Waals surface area contributed by atoms with Crippen LogP contribution in [0.5, 0.6) is 17.2 Å². The molecule has 41 heavy (non-hydrogen) atoms. The van der Waals surface area contributed by atoms with Crippen LogP contribution >= 0.6 is 0 Å². The quantitative estimate of drug-likeness (QED) is 0.212. The predicted octanol–water partition coefficient (Wildman–Crippen LogP) is 6.34. The van der Waals surface area contributed by atoms with E-state index in [2.05, 4.69) is 25.3 Å². The number of Topliss-reactive ketones (excluding diaryl/α,β-unsaturated/α-hetero) is 1. The first-order valence-electron chi connectivity index (χ1n) is 13.9. The fraction of sp³-hybridized carbons (Fsp3) is 0.265. The van der Waals surface area contributed by atoms with E-state index in [0.29, 0.717) is 47.8 Å². The molecule has 7 heteroatoms. The molecule has 0 N–H and O–H groups in total. The van der Waals surface area contributed by atoms with Gasteiger partial charge in [-0.25, -0.2) is 4.98 Å². The maximum absolute atomic E-state index is 13.9. The van der Waals surface area contributed by atoms with E-state index in [0.717, 1.165) is 50.1 Å². The zero-order chi connectivity index (χ0) is 28.7. The third-order valence-corrected chi connectivity index (χ3v) is 7.95. The van der Waals surface area contributed by atoms with Crippen LogP contribution < -0.4 is 14.2 Å². The molecule has 5 aromatic rings. The summed E-state index contributed by atoms with van der Waals surface area (Å²) in [6.07, 6.45) is 3.49. The van der Waals surface area contributed by atoms with Crippen LogP contribution in [0.15, 0.2) is 65.8 Å². The minimum Gasteiger partial charge on any atom is -0.493 e. The van der Waals surface area contributed by atoms with E-state index in [-0.39, 0.29) is 12.4 Å². The lowest BCUT2D eigenvalue weighted by Gasteiger charge is -2.17. The molecule has 1 aliphatic heterocycles. The van der Waals surface area contributed by atoms with E-state index in [1.54, 1.807) is 14.2 Å². The molecule has 0 spiro atoms. The van der Waals surface area contributed by atoms with E-state index < -0.39 is 0 Å². The van der Waals surface area contributed by atoms with Gasteiger partial charge in [0.25, 0.3) is 0 Å². The number of hydrogen-bond acceptors (Lipinski definition) is 6. The van der Waals surface area contributed by atoms with E-state index in [9.17, 15) is 4.79 Å². The number of carbonyl (C=O) groups is 1. The van der Waals surface area contributed by atoms with Gasteiger partial charge >= 0.3 is 0 Å². The van der Waals surface area contributed by atoms with Crippen LogP contribution in [0.2, 0.25) is 0 Å². The fourth-order valence-corrected chi connectivity index (χ4v) is 5.90. The standard InChI is InChI=1S/C34H33N3O4/c1-6-24-20(2)18-37-33-26(15-16-35-32(33)23-12-14-29(39-4)30(17-23)40-5)36-34(37)31(24)27(38)19-41-28-13-11-22-9-7-8-10-25(22)21(28)3/h7-14,17-18H,6,15-16,19H2,1-5H3. The molecule has 3 aromatic carbocycles. The summed E-state index contributed by atoms with van der Waals surface area (Å²) in [5.41, 5.74) is 7.88. The lowest BCUT2D eigenvalue weighted by molar-refractivity contribution is 0.0921. The van der Waals surface area contributed by atoms with Crippen molar-refractivity contribution in [2.75, 3.05) is 27.4 Å². The van der Waals surface area contributed by atoms with Crippen molar-refractivity contribution in [1.29, 1.82) is 0 Å². The van der Waals surface area contributed by atoms with E-state index in [1.807, 2.05) is 60.7 Å². The van der Waals surface area contributed by atoms with Gasteiger partial charge in [0.15, 0.2) is 18.1 Å². The molecular formula is C34H33N3O4. The van der Waals surface area contributed by atoms with Gasteiger partial charge in [0.2, 0.25) is 5.78 Å². The smallest absolute Gasteiger partial charge is 0.204 e. The van der Waals surface area contributed by atoms with Crippen LogP contribution in [0.4, 0.5) is 0 Å². The Kier molecular flexibility index (Phi) is 6.95. The van der Waals surface area contributed by atoms with Crippen molar-refractivity contribution in [2.45, 2.75) is 33.6 Å². The van der Waals surface area contributed by atoms with E-state index in [1.165, 1.54) is 0 Å².